The minimum Gasteiger partial charge on any atom is -0.465 e. The highest BCUT2D eigenvalue weighted by atomic mass is 19.1. The zero-order chi connectivity index (χ0) is 11.3. The third kappa shape index (κ3) is 3.41. The topological polar surface area (TPSA) is 77.2 Å². The third-order valence-electron chi connectivity index (χ3n) is 1.59. The lowest BCUT2D eigenvalue weighted by molar-refractivity contribution is -0.140. The highest BCUT2D eigenvalue weighted by molar-refractivity contribution is 5.76. The summed E-state index contributed by atoms with van der Waals surface area (Å²) in [5.41, 5.74) is 5.62. The highest BCUT2D eigenvalue weighted by Gasteiger charge is 2.05. The SMILES string of the molecule is CCOC(=O)CNc1ncc(F)cc1N. The summed E-state index contributed by atoms with van der Waals surface area (Å²) in [4.78, 5) is 14.7. The van der Waals surface area contributed by atoms with Crippen LogP contribution in [0.1, 0.15) is 6.92 Å². The fourth-order valence-corrected chi connectivity index (χ4v) is 0.971. The van der Waals surface area contributed by atoms with Gasteiger partial charge in [-0.25, -0.2) is 9.37 Å². The van der Waals surface area contributed by atoms with Gasteiger partial charge in [-0.2, -0.15) is 0 Å². The van der Waals surface area contributed by atoms with Crippen LogP contribution in [0.5, 0.6) is 0 Å². The molecule has 0 aliphatic rings. The van der Waals surface area contributed by atoms with Gasteiger partial charge in [0.1, 0.15) is 18.2 Å². The van der Waals surface area contributed by atoms with Crippen molar-refractivity contribution >= 4 is 17.5 Å². The van der Waals surface area contributed by atoms with Gasteiger partial charge in [-0.3, -0.25) is 4.79 Å². The molecule has 15 heavy (non-hydrogen) atoms. The molecule has 0 aliphatic carbocycles. The molecule has 1 rings (SSSR count). The fourth-order valence-electron chi connectivity index (χ4n) is 0.971. The summed E-state index contributed by atoms with van der Waals surface area (Å²) in [7, 11) is 0. The number of hydrogen-bond donors (Lipinski definition) is 2. The van der Waals surface area contributed by atoms with Crippen LogP contribution in [0.25, 0.3) is 0 Å². The van der Waals surface area contributed by atoms with Crippen LogP contribution in [0.15, 0.2) is 12.3 Å². The number of esters is 1. The van der Waals surface area contributed by atoms with E-state index in [-0.39, 0.29) is 18.1 Å². The van der Waals surface area contributed by atoms with Crippen molar-refractivity contribution in [2.45, 2.75) is 6.92 Å². The van der Waals surface area contributed by atoms with E-state index < -0.39 is 11.8 Å². The molecule has 0 atom stereocenters. The van der Waals surface area contributed by atoms with E-state index in [2.05, 4.69) is 15.0 Å². The average Bonchev–Trinajstić information content (AvgIpc) is 2.17. The number of anilines is 2. The van der Waals surface area contributed by atoms with Gasteiger partial charge in [0, 0.05) is 6.07 Å². The van der Waals surface area contributed by atoms with Gasteiger partial charge in [0.05, 0.1) is 18.5 Å². The molecule has 1 aromatic heterocycles. The van der Waals surface area contributed by atoms with Gasteiger partial charge >= 0.3 is 5.97 Å². The number of nitrogens with one attached hydrogen (secondary N) is 1. The molecular formula is C9H12FN3O2. The number of rotatable bonds is 4. The maximum atomic E-state index is 12.6. The summed E-state index contributed by atoms with van der Waals surface area (Å²) < 4.78 is 17.3. The smallest absolute Gasteiger partial charge is 0.325 e. The van der Waals surface area contributed by atoms with E-state index in [1.165, 1.54) is 0 Å². The van der Waals surface area contributed by atoms with Crippen LogP contribution in [0.4, 0.5) is 15.9 Å². The molecule has 0 unspecified atom stereocenters. The summed E-state index contributed by atoms with van der Waals surface area (Å²) in [6, 6.07) is 1.13. The lowest BCUT2D eigenvalue weighted by Crippen LogP contribution is -2.18. The maximum Gasteiger partial charge on any atom is 0.325 e. The summed E-state index contributed by atoms with van der Waals surface area (Å²) in [5.74, 6) is -0.665. The van der Waals surface area contributed by atoms with Crippen molar-refractivity contribution in [2.75, 3.05) is 24.2 Å². The van der Waals surface area contributed by atoms with Crippen molar-refractivity contribution < 1.29 is 13.9 Å². The number of ether oxygens (including phenoxy) is 1. The Morgan fingerprint density at radius 3 is 3.07 bits per heavy atom. The largest absolute Gasteiger partial charge is 0.465 e. The Hall–Kier alpha value is -1.85. The molecular weight excluding hydrogens is 201 g/mol. The first-order valence-electron chi connectivity index (χ1n) is 4.44. The van der Waals surface area contributed by atoms with E-state index in [0.29, 0.717) is 6.61 Å². The molecule has 82 valence electrons. The number of halogens is 1. The molecule has 0 spiro atoms. The summed E-state index contributed by atoms with van der Waals surface area (Å²) in [6.07, 6.45) is 1.02. The van der Waals surface area contributed by atoms with Gasteiger partial charge in [-0.1, -0.05) is 0 Å². The van der Waals surface area contributed by atoms with Gasteiger partial charge in [0.2, 0.25) is 0 Å². The Kier molecular flexibility index (Phi) is 3.84. The second-order valence-electron chi connectivity index (χ2n) is 2.75. The quantitative estimate of drug-likeness (QED) is 0.722. The molecule has 3 N–H and O–H groups in total. The number of nitrogen functional groups attached to an aromatic ring is 1. The Bertz CT molecular complexity index is 357. The molecule has 0 aromatic carbocycles. The minimum absolute atomic E-state index is 0.0450. The summed E-state index contributed by atoms with van der Waals surface area (Å²) in [6.45, 7) is 1.98. The normalized spacial score (nSPS) is 9.73. The zero-order valence-electron chi connectivity index (χ0n) is 8.29. The van der Waals surface area contributed by atoms with Gasteiger partial charge < -0.3 is 15.8 Å². The average molecular weight is 213 g/mol. The Morgan fingerprint density at radius 1 is 1.73 bits per heavy atom. The van der Waals surface area contributed by atoms with Crippen molar-refractivity contribution in [1.82, 2.24) is 4.98 Å². The van der Waals surface area contributed by atoms with Crippen molar-refractivity contribution in [3.63, 3.8) is 0 Å². The molecule has 6 heteroatoms. The zero-order valence-corrected chi connectivity index (χ0v) is 8.29. The van der Waals surface area contributed by atoms with Crippen LogP contribution < -0.4 is 11.1 Å². The molecule has 1 heterocycles. The second kappa shape index (κ2) is 5.14. The number of hydrogen-bond acceptors (Lipinski definition) is 5. The molecule has 0 bridgehead atoms. The Balaban J connectivity index is 2.54. The first-order chi connectivity index (χ1) is 7.13. The number of pyridine rings is 1. The van der Waals surface area contributed by atoms with Crippen molar-refractivity contribution in [3.05, 3.63) is 18.1 Å². The fraction of sp³-hybridized carbons (Fsp3) is 0.333. The summed E-state index contributed by atoms with van der Waals surface area (Å²) in [5, 5.41) is 2.65. The Labute approximate surface area is 86.4 Å². The number of carbonyl (C=O) groups is 1. The number of nitrogens with zero attached hydrogens (tertiary/aromatic N) is 1. The van der Waals surface area contributed by atoms with E-state index in [0.717, 1.165) is 12.3 Å². The number of aromatic nitrogens is 1. The molecule has 0 saturated carbocycles. The number of nitrogens with two attached hydrogens (primary N) is 1. The second-order valence-corrected chi connectivity index (χ2v) is 2.75. The maximum absolute atomic E-state index is 12.6. The van der Waals surface area contributed by atoms with E-state index in [1.807, 2.05) is 0 Å². The van der Waals surface area contributed by atoms with E-state index in [4.69, 9.17) is 5.73 Å². The minimum atomic E-state index is -0.519. The van der Waals surface area contributed by atoms with E-state index >= 15 is 0 Å². The van der Waals surface area contributed by atoms with Crippen LogP contribution in [0.3, 0.4) is 0 Å². The van der Waals surface area contributed by atoms with Gasteiger partial charge in [0.25, 0.3) is 0 Å². The molecule has 0 fully saturated rings. The number of carbonyl (C=O) groups excluding carboxylic acids is 1. The Morgan fingerprint density at radius 2 is 2.47 bits per heavy atom. The standard InChI is InChI=1S/C9H12FN3O2/c1-2-15-8(14)5-13-9-7(11)3-6(10)4-12-9/h3-4H,2,5,11H2,1H3,(H,12,13). The first kappa shape index (κ1) is 11.2. The molecule has 0 aliphatic heterocycles. The van der Waals surface area contributed by atoms with E-state index in [1.54, 1.807) is 6.92 Å². The molecule has 0 amide bonds. The van der Waals surface area contributed by atoms with Crippen molar-refractivity contribution in [1.29, 1.82) is 0 Å². The van der Waals surface area contributed by atoms with Crippen LogP contribution in [0.2, 0.25) is 0 Å². The van der Waals surface area contributed by atoms with Crippen LogP contribution in [0, 0.1) is 5.82 Å². The lowest BCUT2D eigenvalue weighted by atomic mass is 10.4. The van der Waals surface area contributed by atoms with Gasteiger partial charge in [-0.05, 0) is 6.92 Å². The van der Waals surface area contributed by atoms with Crippen LogP contribution >= 0.6 is 0 Å². The third-order valence-corrected chi connectivity index (χ3v) is 1.59. The summed E-state index contributed by atoms with van der Waals surface area (Å²) >= 11 is 0. The van der Waals surface area contributed by atoms with Crippen LogP contribution in [-0.4, -0.2) is 24.1 Å². The molecule has 5 nitrogen and oxygen atoms in total. The van der Waals surface area contributed by atoms with Crippen molar-refractivity contribution in [3.8, 4) is 0 Å². The molecule has 1 aromatic rings. The predicted octanol–water partition coefficient (Wildman–Crippen LogP) is 0.778. The van der Waals surface area contributed by atoms with Crippen molar-refractivity contribution in [2.24, 2.45) is 0 Å². The lowest BCUT2D eigenvalue weighted by Gasteiger charge is -2.07. The highest BCUT2D eigenvalue weighted by Crippen LogP contribution is 2.14. The monoisotopic (exact) mass is 213 g/mol. The van der Waals surface area contributed by atoms with Gasteiger partial charge in [-0.15, -0.1) is 0 Å². The molecule has 0 radical (unpaired) electrons. The van der Waals surface area contributed by atoms with E-state index in [9.17, 15) is 9.18 Å². The predicted molar refractivity (Wildman–Crippen MR) is 53.7 cm³/mol. The first-order valence-corrected chi connectivity index (χ1v) is 4.44. The molecule has 0 saturated heterocycles. The van der Waals surface area contributed by atoms with Gasteiger partial charge in [0.15, 0.2) is 0 Å². The van der Waals surface area contributed by atoms with Crippen LogP contribution in [-0.2, 0) is 9.53 Å².